The van der Waals surface area contributed by atoms with Gasteiger partial charge in [-0.1, -0.05) is 49.1 Å². The number of aromatic amines is 1. The lowest BCUT2D eigenvalue weighted by Crippen LogP contribution is -2.09. The van der Waals surface area contributed by atoms with Crippen molar-refractivity contribution < 1.29 is 4.52 Å². The van der Waals surface area contributed by atoms with Crippen LogP contribution in [0.3, 0.4) is 0 Å². The molecule has 0 aliphatic rings. The van der Waals surface area contributed by atoms with Gasteiger partial charge in [0, 0.05) is 19.8 Å². The fraction of sp³-hybridized carbons (Fsp3) is 0.105. The van der Waals surface area contributed by atoms with Crippen LogP contribution in [-0.2, 0) is 6.42 Å². The Labute approximate surface area is 165 Å². The zero-order valence-electron chi connectivity index (χ0n) is 13.7. The molecule has 0 spiro atoms. The zero-order valence-corrected chi connectivity index (χ0v) is 16.9. The molecule has 130 valence electrons. The Morgan fingerprint density at radius 1 is 1.12 bits per heavy atom. The Hall–Kier alpha value is -2.25. The SMILES string of the molecule is Cc1ccc(Cc2nc(-c3cc4cc(Br)ccc4[nH]c3=O)no2)c(Br)c1. The molecule has 0 saturated carbocycles. The van der Waals surface area contributed by atoms with Gasteiger partial charge < -0.3 is 9.51 Å². The fourth-order valence-corrected chi connectivity index (χ4v) is 3.75. The highest BCUT2D eigenvalue weighted by Crippen LogP contribution is 2.23. The standard InChI is InChI=1S/C19H13Br2N3O2/c1-10-2-3-11(15(21)6-10)9-17-23-18(24-26-17)14-8-12-7-13(20)4-5-16(12)22-19(14)25/h2-8H,9H2,1H3,(H,22,25). The second-order valence-corrected chi connectivity index (χ2v) is 7.80. The molecule has 0 atom stereocenters. The van der Waals surface area contributed by atoms with Crippen molar-refractivity contribution in [2.24, 2.45) is 0 Å². The third-order valence-electron chi connectivity index (χ3n) is 4.07. The minimum absolute atomic E-state index is 0.247. The number of nitrogens with one attached hydrogen (secondary N) is 1. The molecular formula is C19H13Br2N3O2. The van der Waals surface area contributed by atoms with Crippen molar-refractivity contribution in [1.82, 2.24) is 15.1 Å². The molecule has 0 radical (unpaired) electrons. The summed E-state index contributed by atoms with van der Waals surface area (Å²) in [6.07, 6.45) is 0.491. The van der Waals surface area contributed by atoms with Gasteiger partial charge in [0.25, 0.3) is 5.56 Å². The van der Waals surface area contributed by atoms with Crippen LogP contribution in [0.4, 0.5) is 0 Å². The van der Waals surface area contributed by atoms with E-state index in [0.717, 1.165) is 25.4 Å². The first kappa shape index (κ1) is 17.2. The Balaban J connectivity index is 1.70. The minimum atomic E-state index is -0.247. The number of hydrogen-bond donors (Lipinski definition) is 1. The van der Waals surface area contributed by atoms with Gasteiger partial charge >= 0.3 is 0 Å². The molecule has 0 amide bonds. The van der Waals surface area contributed by atoms with E-state index >= 15 is 0 Å². The zero-order chi connectivity index (χ0) is 18.3. The van der Waals surface area contributed by atoms with E-state index < -0.39 is 0 Å². The fourth-order valence-electron chi connectivity index (χ4n) is 2.74. The van der Waals surface area contributed by atoms with Crippen LogP contribution in [0.5, 0.6) is 0 Å². The quantitative estimate of drug-likeness (QED) is 0.453. The van der Waals surface area contributed by atoms with Gasteiger partial charge in [-0.25, -0.2) is 0 Å². The summed E-state index contributed by atoms with van der Waals surface area (Å²) in [6.45, 7) is 2.03. The van der Waals surface area contributed by atoms with Crippen LogP contribution in [0.2, 0.25) is 0 Å². The van der Waals surface area contributed by atoms with Crippen molar-refractivity contribution in [3.63, 3.8) is 0 Å². The molecule has 0 bridgehead atoms. The maximum absolute atomic E-state index is 12.4. The lowest BCUT2D eigenvalue weighted by Gasteiger charge is -2.02. The van der Waals surface area contributed by atoms with Gasteiger partial charge in [-0.3, -0.25) is 4.79 Å². The van der Waals surface area contributed by atoms with E-state index in [1.807, 2.05) is 43.3 Å². The van der Waals surface area contributed by atoms with Crippen molar-refractivity contribution >= 4 is 42.8 Å². The number of fused-ring (bicyclic) bond motifs is 1. The largest absolute Gasteiger partial charge is 0.339 e. The van der Waals surface area contributed by atoms with Crippen LogP contribution in [0.15, 0.2) is 60.7 Å². The molecule has 26 heavy (non-hydrogen) atoms. The molecule has 2 heterocycles. The van der Waals surface area contributed by atoms with Crippen molar-refractivity contribution in [2.45, 2.75) is 13.3 Å². The average Bonchev–Trinajstić information content (AvgIpc) is 3.05. The van der Waals surface area contributed by atoms with E-state index in [9.17, 15) is 4.79 Å². The van der Waals surface area contributed by atoms with Crippen molar-refractivity contribution in [1.29, 1.82) is 0 Å². The van der Waals surface area contributed by atoms with E-state index in [2.05, 4.69) is 47.0 Å². The molecule has 5 nitrogen and oxygen atoms in total. The lowest BCUT2D eigenvalue weighted by molar-refractivity contribution is 0.385. The lowest BCUT2D eigenvalue weighted by atomic mass is 10.1. The van der Waals surface area contributed by atoms with Gasteiger partial charge in [0.2, 0.25) is 11.7 Å². The van der Waals surface area contributed by atoms with E-state index in [1.165, 1.54) is 5.56 Å². The number of aryl methyl sites for hydroxylation is 1. The number of halogens is 2. The van der Waals surface area contributed by atoms with E-state index in [1.54, 1.807) is 6.07 Å². The molecule has 4 rings (SSSR count). The van der Waals surface area contributed by atoms with Crippen LogP contribution in [0.25, 0.3) is 22.3 Å². The Morgan fingerprint density at radius 3 is 2.77 bits per heavy atom. The van der Waals surface area contributed by atoms with Gasteiger partial charge in [0.1, 0.15) is 0 Å². The number of rotatable bonds is 3. The monoisotopic (exact) mass is 473 g/mol. The first-order valence-corrected chi connectivity index (χ1v) is 9.49. The summed E-state index contributed by atoms with van der Waals surface area (Å²) in [7, 11) is 0. The normalized spacial score (nSPS) is 11.2. The smallest absolute Gasteiger partial charge is 0.259 e. The number of pyridine rings is 1. The van der Waals surface area contributed by atoms with Crippen LogP contribution < -0.4 is 5.56 Å². The molecule has 7 heteroatoms. The Bertz CT molecular complexity index is 1180. The van der Waals surface area contributed by atoms with Crippen molar-refractivity contribution in [3.8, 4) is 11.4 Å². The van der Waals surface area contributed by atoms with Gasteiger partial charge in [-0.15, -0.1) is 0 Å². The predicted molar refractivity (Wildman–Crippen MR) is 107 cm³/mol. The van der Waals surface area contributed by atoms with E-state index in [-0.39, 0.29) is 11.4 Å². The van der Waals surface area contributed by atoms with Crippen molar-refractivity contribution in [2.75, 3.05) is 0 Å². The molecule has 0 fully saturated rings. The minimum Gasteiger partial charge on any atom is -0.339 e. The Morgan fingerprint density at radius 2 is 1.96 bits per heavy atom. The van der Waals surface area contributed by atoms with Gasteiger partial charge in [-0.2, -0.15) is 4.98 Å². The molecule has 0 saturated heterocycles. The van der Waals surface area contributed by atoms with E-state index in [0.29, 0.717) is 17.9 Å². The highest BCUT2D eigenvalue weighted by Gasteiger charge is 2.14. The topological polar surface area (TPSA) is 71.8 Å². The number of hydrogen-bond acceptors (Lipinski definition) is 4. The number of H-pyrrole nitrogens is 1. The molecule has 2 aromatic carbocycles. The van der Waals surface area contributed by atoms with Crippen LogP contribution >= 0.6 is 31.9 Å². The third kappa shape index (κ3) is 3.37. The number of aromatic nitrogens is 3. The molecule has 2 aromatic heterocycles. The summed E-state index contributed by atoms with van der Waals surface area (Å²) < 4.78 is 7.28. The maximum Gasteiger partial charge on any atom is 0.259 e. The summed E-state index contributed by atoms with van der Waals surface area (Å²) in [5.41, 5.74) is 3.11. The van der Waals surface area contributed by atoms with Gasteiger partial charge in [-0.05, 0) is 48.4 Å². The first-order chi connectivity index (χ1) is 12.5. The van der Waals surface area contributed by atoms with Crippen LogP contribution in [0.1, 0.15) is 17.0 Å². The van der Waals surface area contributed by atoms with Crippen molar-refractivity contribution in [3.05, 3.63) is 78.8 Å². The number of benzene rings is 2. The Kier molecular flexibility index (Phi) is 4.50. The summed E-state index contributed by atoms with van der Waals surface area (Å²) in [5.74, 6) is 0.740. The summed E-state index contributed by atoms with van der Waals surface area (Å²) in [6, 6.07) is 13.5. The second-order valence-electron chi connectivity index (χ2n) is 6.03. The molecule has 0 unspecified atom stereocenters. The summed E-state index contributed by atoms with van der Waals surface area (Å²) in [4.78, 5) is 19.6. The molecular weight excluding hydrogens is 462 g/mol. The second kappa shape index (κ2) is 6.81. The van der Waals surface area contributed by atoms with Gasteiger partial charge in [0.15, 0.2) is 0 Å². The predicted octanol–water partition coefficient (Wildman–Crippen LogP) is 5.00. The molecule has 4 aromatic rings. The summed E-state index contributed by atoms with van der Waals surface area (Å²) in [5, 5.41) is 4.88. The molecule has 0 aliphatic carbocycles. The highest BCUT2D eigenvalue weighted by molar-refractivity contribution is 9.10. The summed E-state index contributed by atoms with van der Waals surface area (Å²) >= 11 is 6.99. The van der Waals surface area contributed by atoms with Crippen LogP contribution in [0, 0.1) is 6.92 Å². The van der Waals surface area contributed by atoms with E-state index in [4.69, 9.17) is 4.52 Å². The number of nitrogens with zero attached hydrogens (tertiary/aromatic N) is 2. The van der Waals surface area contributed by atoms with Gasteiger partial charge in [0.05, 0.1) is 12.0 Å². The maximum atomic E-state index is 12.4. The first-order valence-electron chi connectivity index (χ1n) is 7.90. The highest BCUT2D eigenvalue weighted by atomic mass is 79.9. The molecule has 0 aliphatic heterocycles. The average molecular weight is 475 g/mol. The third-order valence-corrected chi connectivity index (χ3v) is 5.30. The molecule has 1 N–H and O–H groups in total. The van der Waals surface area contributed by atoms with Crippen LogP contribution in [-0.4, -0.2) is 15.1 Å².